The van der Waals surface area contributed by atoms with Crippen LogP contribution in [0.1, 0.15) is 12.0 Å². The summed E-state index contributed by atoms with van der Waals surface area (Å²) >= 11 is 3.21. The average molecular weight is 325 g/mol. The lowest BCUT2D eigenvalue weighted by atomic mass is 10.1. The molecule has 0 bridgehead atoms. The number of carbonyl (C=O) groups is 1. The maximum atomic E-state index is 13.0. The SMILES string of the molecule is O=C(CCOCC(F)F)Cc1cc(F)ccc1Br. The van der Waals surface area contributed by atoms with Gasteiger partial charge in [-0.1, -0.05) is 15.9 Å². The summed E-state index contributed by atoms with van der Waals surface area (Å²) in [7, 11) is 0. The zero-order valence-corrected chi connectivity index (χ0v) is 11.1. The second kappa shape index (κ2) is 7.53. The molecule has 0 atom stereocenters. The molecule has 2 nitrogen and oxygen atoms in total. The first-order valence-corrected chi connectivity index (χ1v) is 6.10. The van der Waals surface area contributed by atoms with E-state index in [1.807, 2.05) is 0 Å². The van der Waals surface area contributed by atoms with Gasteiger partial charge in [0, 0.05) is 17.3 Å². The van der Waals surface area contributed by atoms with Gasteiger partial charge in [-0.05, 0) is 23.8 Å². The Hall–Kier alpha value is -0.880. The minimum absolute atomic E-state index is 0.0374. The average Bonchev–Trinajstić information content (AvgIpc) is 2.29. The van der Waals surface area contributed by atoms with E-state index in [2.05, 4.69) is 20.7 Å². The topological polar surface area (TPSA) is 26.3 Å². The predicted octanol–water partition coefficient (Wildman–Crippen LogP) is 3.37. The molecule has 0 radical (unpaired) electrons. The Labute approximate surface area is 111 Å². The first-order chi connectivity index (χ1) is 8.49. The third kappa shape index (κ3) is 5.64. The van der Waals surface area contributed by atoms with E-state index < -0.39 is 18.8 Å². The summed E-state index contributed by atoms with van der Waals surface area (Å²) in [5.41, 5.74) is 0.536. The van der Waals surface area contributed by atoms with Gasteiger partial charge in [0.2, 0.25) is 0 Å². The molecule has 0 N–H and O–H groups in total. The van der Waals surface area contributed by atoms with E-state index in [1.165, 1.54) is 18.2 Å². The lowest BCUT2D eigenvalue weighted by Crippen LogP contribution is -2.11. The van der Waals surface area contributed by atoms with Crippen molar-refractivity contribution in [1.29, 1.82) is 0 Å². The van der Waals surface area contributed by atoms with Crippen LogP contribution in [0.15, 0.2) is 22.7 Å². The lowest BCUT2D eigenvalue weighted by molar-refractivity contribution is -0.119. The van der Waals surface area contributed by atoms with Crippen molar-refractivity contribution in [3.8, 4) is 0 Å². The van der Waals surface area contributed by atoms with Crippen LogP contribution in [0.25, 0.3) is 0 Å². The van der Waals surface area contributed by atoms with Crippen LogP contribution in [-0.2, 0) is 16.0 Å². The fourth-order valence-corrected chi connectivity index (χ4v) is 1.72. The number of ether oxygens (including phenoxy) is 1. The van der Waals surface area contributed by atoms with E-state index in [1.54, 1.807) is 0 Å². The monoisotopic (exact) mass is 324 g/mol. The van der Waals surface area contributed by atoms with E-state index in [9.17, 15) is 18.0 Å². The van der Waals surface area contributed by atoms with Gasteiger partial charge in [-0.15, -0.1) is 0 Å². The Balaban J connectivity index is 2.38. The third-order valence-electron chi connectivity index (χ3n) is 2.16. The standard InChI is InChI=1S/C12H12BrF3O2/c13-11-2-1-9(14)5-8(11)6-10(17)3-4-18-7-12(15)16/h1-2,5,12H,3-4,6-7H2. The molecule has 0 saturated carbocycles. The number of carbonyl (C=O) groups excluding carboxylic acids is 1. The highest BCUT2D eigenvalue weighted by atomic mass is 79.9. The largest absolute Gasteiger partial charge is 0.375 e. The van der Waals surface area contributed by atoms with Gasteiger partial charge in [0.15, 0.2) is 0 Å². The molecule has 0 unspecified atom stereocenters. The van der Waals surface area contributed by atoms with Gasteiger partial charge in [0.05, 0.1) is 6.61 Å². The van der Waals surface area contributed by atoms with Gasteiger partial charge in [0.25, 0.3) is 6.43 Å². The molecule has 100 valence electrons. The molecule has 0 saturated heterocycles. The molecule has 0 aromatic heterocycles. The third-order valence-corrected chi connectivity index (χ3v) is 2.94. The zero-order valence-electron chi connectivity index (χ0n) is 9.47. The van der Waals surface area contributed by atoms with Crippen LogP contribution >= 0.6 is 15.9 Å². The Morgan fingerprint density at radius 1 is 1.39 bits per heavy atom. The molecule has 0 heterocycles. The lowest BCUT2D eigenvalue weighted by Gasteiger charge is -2.05. The summed E-state index contributed by atoms with van der Waals surface area (Å²) < 4.78 is 41.7. The van der Waals surface area contributed by atoms with Crippen molar-refractivity contribution in [2.45, 2.75) is 19.3 Å². The van der Waals surface area contributed by atoms with Crippen LogP contribution in [0.5, 0.6) is 0 Å². The number of alkyl halides is 2. The molecule has 18 heavy (non-hydrogen) atoms. The molecule has 0 fully saturated rings. The highest BCUT2D eigenvalue weighted by molar-refractivity contribution is 9.10. The van der Waals surface area contributed by atoms with Crippen LogP contribution in [-0.4, -0.2) is 25.4 Å². The van der Waals surface area contributed by atoms with Gasteiger partial charge in [0.1, 0.15) is 18.2 Å². The number of ketones is 1. The Kier molecular flexibility index (Phi) is 6.35. The summed E-state index contributed by atoms with van der Waals surface area (Å²) in [6.07, 6.45) is -2.44. The summed E-state index contributed by atoms with van der Waals surface area (Å²) in [6, 6.07) is 4.07. The van der Waals surface area contributed by atoms with Crippen molar-refractivity contribution in [3.05, 3.63) is 34.1 Å². The summed E-state index contributed by atoms with van der Waals surface area (Å²) in [6.45, 7) is -0.715. The Morgan fingerprint density at radius 3 is 2.78 bits per heavy atom. The van der Waals surface area contributed by atoms with Crippen molar-refractivity contribution in [1.82, 2.24) is 0 Å². The molecule has 0 amide bonds. The predicted molar refractivity (Wildman–Crippen MR) is 64.3 cm³/mol. The first-order valence-electron chi connectivity index (χ1n) is 5.30. The highest BCUT2D eigenvalue weighted by Gasteiger charge is 2.09. The van der Waals surface area contributed by atoms with E-state index in [0.29, 0.717) is 10.0 Å². The van der Waals surface area contributed by atoms with Crippen LogP contribution < -0.4 is 0 Å². The second-order valence-corrected chi connectivity index (χ2v) is 4.52. The molecular weight excluding hydrogens is 313 g/mol. The summed E-state index contributed by atoms with van der Waals surface area (Å²) in [5, 5.41) is 0. The van der Waals surface area contributed by atoms with Crippen LogP contribution in [0.2, 0.25) is 0 Å². The maximum absolute atomic E-state index is 13.0. The summed E-state index contributed by atoms with van der Waals surface area (Å²) in [4.78, 5) is 11.5. The first kappa shape index (κ1) is 15.2. The number of Topliss-reactive ketones (excluding diaryl/α,β-unsaturated/α-hetero) is 1. The minimum atomic E-state index is -2.53. The van der Waals surface area contributed by atoms with Gasteiger partial charge < -0.3 is 4.74 Å². The smallest absolute Gasteiger partial charge is 0.261 e. The van der Waals surface area contributed by atoms with E-state index >= 15 is 0 Å². The fraction of sp³-hybridized carbons (Fsp3) is 0.417. The van der Waals surface area contributed by atoms with Gasteiger partial charge in [-0.2, -0.15) is 0 Å². The van der Waals surface area contributed by atoms with Crippen LogP contribution in [0, 0.1) is 5.82 Å². The number of hydrogen-bond acceptors (Lipinski definition) is 2. The van der Waals surface area contributed by atoms with E-state index in [0.717, 1.165) is 0 Å². The Morgan fingerprint density at radius 2 is 2.11 bits per heavy atom. The fourth-order valence-electron chi connectivity index (χ4n) is 1.34. The number of rotatable bonds is 7. The number of halogens is 4. The molecule has 0 spiro atoms. The van der Waals surface area contributed by atoms with E-state index in [-0.39, 0.29) is 25.2 Å². The quantitative estimate of drug-likeness (QED) is 0.719. The van der Waals surface area contributed by atoms with Crippen LogP contribution in [0.3, 0.4) is 0 Å². The zero-order chi connectivity index (χ0) is 13.5. The Bertz CT molecular complexity index is 410. The molecular formula is C12H12BrF3O2. The van der Waals surface area contributed by atoms with Crippen molar-refractivity contribution in [2.75, 3.05) is 13.2 Å². The van der Waals surface area contributed by atoms with Gasteiger partial charge in [-0.25, -0.2) is 13.2 Å². The minimum Gasteiger partial charge on any atom is -0.375 e. The molecule has 0 aliphatic rings. The maximum Gasteiger partial charge on any atom is 0.261 e. The number of benzene rings is 1. The normalized spacial score (nSPS) is 10.9. The van der Waals surface area contributed by atoms with Gasteiger partial charge in [-0.3, -0.25) is 4.79 Å². The highest BCUT2D eigenvalue weighted by Crippen LogP contribution is 2.18. The molecule has 1 aromatic rings. The molecule has 1 aromatic carbocycles. The van der Waals surface area contributed by atoms with Crippen molar-refractivity contribution in [3.63, 3.8) is 0 Å². The molecule has 6 heteroatoms. The van der Waals surface area contributed by atoms with Crippen molar-refractivity contribution in [2.24, 2.45) is 0 Å². The van der Waals surface area contributed by atoms with Crippen LogP contribution in [0.4, 0.5) is 13.2 Å². The van der Waals surface area contributed by atoms with Crippen molar-refractivity contribution < 1.29 is 22.7 Å². The van der Waals surface area contributed by atoms with Gasteiger partial charge >= 0.3 is 0 Å². The van der Waals surface area contributed by atoms with E-state index in [4.69, 9.17) is 0 Å². The second-order valence-electron chi connectivity index (χ2n) is 3.67. The number of hydrogen-bond donors (Lipinski definition) is 0. The van der Waals surface area contributed by atoms with Crippen molar-refractivity contribution >= 4 is 21.7 Å². The molecule has 0 aliphatic heterocycles. The summed E-state index contributed by atoms with van der Waals surface area (Å²) in [5.74, 6) is -0.606. The molecule has 1 rings (SSSR count). The molecule has 0 aliphatic carbocycles.